The van der Waals surface area contributed by atoms with Crippen molar-refractivity contribution in [2.45, 2.75) is 37.2 Å². The van der Waals surface area contributed by atoms with Crippen molar-refractivity contribution < 1.29 is 22.2 Å². The Kier molecular flexibility index (Phi) is 2.91. The van der Waals surface area contributed by atoms with E-state index in [1.54, 1.807) is 0 Å². The number of amides is 1. The van der Waals surface area contributed by atoms with E-state index in [4.69, 9.17) is 4.55 Å². The van der Waals surface area contributed by atoms with Crippen LogP contribution in [-0.4, -0.2) is 30.4 Å². The van der Waals surface area contributed by atoms with Gasteiger partial charge >= 0.3 is 15.6 Å². The first-order valence-electron chi connectivity index (χ1n) is 5.28. The number of halogens is 1. The van der Waals surface area contributed by atoms with Crippen molar-refractivity contribution in [2.24, 2.45) is 11.8 Å². The summed E-state index contributed by atoms with van der Waals surface area (Å²) in [5, 5.41) is 2.36. The van der Waals surface area contributed by atoms with Crippen molar-refractivity contribution in [1.29, 1.82) is 0 Å². The molecule has 0 radical (unpaired) electrons. The summed E-state index contributed by atoms with van der Waals surface area (Å²) in [5.74, 6) is -0.346. The van der Waals surface area contributed by atoms with Gasteiger partial charge in [0.15, 0.2) is 0 Å². The number of fused-ring (bicyclic) bond motifs is 2. The minimum atomic E-state index is -4.94. The van der Waals surface area contributed by atoms with Gasteiger partial charge in [0.25, 0.3) is 5.91 Å². The molecule has 92 valence electrons. The lowest BCUT2D eigenvalue weighted by Crippen LogP contribution is -2.44. The molecule has 2 aliphatic rings. The van der Waals surface area contributed by atoms with E-state index < -0.39 is 21.5 Å². The molecule has 2 fully saturated rings. The van der Waals surface area contributed by atoms with Crippen LogP contribution in [-0.2, 0) is 14.9 Å². The second-order valence-electron chi connectivity index (χ2n) is 4.62. The minimum absolute atomic E-state index is 0.133. The highest BCUT2D eigenvalue weighted by Crippen LogP contribution is 2.44. The molecular weight excluding hydrogens is 237 g/mol. The van der Waals surface area contributed by atoms with E-state index in [-0.39, 0.29) is 6.04 Å². The van der Waals surface area contributed by atoms with Gasteiger partial charge in [0.1, 0.15) is 0 Å². The van der Waals surface area contributed by atoms with Crippen LogP contribution in [0.5, 0.6) is 0 Å². The molecule has 16 heavy (non-hydrogen) atoms. The third-order valence-corrected chi connectivity index (χ3v) is 4.27. The van der Waals surface area contributed by atoms with E-state index in [0.29, 0.717) is 11.8 Å². The Morgan fingerprint density at radius 1 is 1.38 bits per heavy atom. The van der Waals surface area contributed by atoms with Crippen molar-refractivity contribution in [3.63, 3.8) is 0 Å². The second kappa shape index (κ2) is 3.96. The fourth-order valence-corrected chi connectivity index (χ4v) is 3.14. The molecule has 2 rings (SSSR count). The maximum Gasteiger partial charge on any atom is 0.307 e. The van der Waals surface area contributed by atoms with E-state index in [2.05, 4.69) is 5.32 Å². The van der Waals surface area contributed by atoms with Gasteiger partial charge in [-0.05, 0) is 31.1 Å². The molecule has 2 aliphatic carbocycles. The number of alkyl halides is 1. The zero-order valence-corrected chi connectivity index (χ0v) is 9.41. The average Bonchev–Trinajstić information content (AvgIpc) is 2.76. The summed E-state index contributed by atoms with van der Waals surface area (Å²) in [5.41, 5.74) is -2.87. The summed E-state index contributed by atoms with van der Waals surface area (Å²) in [4.78, 5) is 11.2. The number of carbonyl (C=O) groups is 1. The third-order valence-electron chi connectivity index (χ3n) is 3.53. The molecule has 2 N–H and O–H groups in total. The molecule has 0 aromatic heterocycles. The molecule has 0 spiro atoms. The highest BCUT2D eigenvalue weighted by atomic mass is 32.2. The SMILES string of the molecule is O=C(NC1CC2CCC1C2)C(F)S(=O)(=O)O. The molecule has 0 saturated heterocycles. The fraction of sp³-hybridized carbons (Fsp3) is 0.889. The van der Waals surface area contributed by atoms with Crippen molar-refractivity contribution in [3.8, 4) is 0 Å². The molecule has 2 bridgehead atoms. The van der Waals surface area contributed by atoms with Crippen LogP contribution in [0.2, 0.25) is 0 Å². The summed E-state index contributed by atoms with van der Waals surface area (Å²) in [7, 11) is -4.94. The van der Waals surface area contributed by atoms with Gasteiger partial charge in [0.2, 0.25) is 0 Å². The molecule has 4 unspecified atom stereocenters. The van der Waals surface area contributed by atoms with Crippen LogP contribution in [0.1, 0.15) is 25.7 Å². The molecule has 2 saturated carbocycles. The monoisotopic (exact) mass is 251 g/mol. The van der Waals surface area contributed by atoms with Crippen molar-refractivity contribution in [3.05, 3.63) is 0 Å². The Hall–Kier alpha value is -0.690. The summed E-state index contributed by atoms with van der Waals surface area (Å²) in [6, 6.07) is -0.133. The fourth-order valence-electron chi connectivity index (χ4n) is 2.81. The zero-order chi connectivity index (χ0) is 11.9. The van der Waals surface area contributed by atoms with Crippen molar-refractivity contribution >= 4 is 16.0 Å². The molecule has 4 atom stereocenters. The molecular formula is C9H14FNO4S. The van der Waals surface area contributed by atoms with Gasteiger partial charge in [0, 0.05) is 6.04 Å². The maximum absolute atomic E-state index is 12.9. The first-order chi connectivity index (χ1) is 7.38. The van der Waals surface area contributed by atoms with Gasteiger partial charge < -0.3 is 5.32 Å². The van der Waals surface area contributed by atoms with Crippen LogP contribution in [0.3, 0.4) is 0 Å². The average molecular weight is 251 g/mol. The summed E-state index contributed by atoms with van der Waals surface area (Å²) in [6.45, 7) is 0. The Bertz CT molecular complexity index is 396. The van der Waals surface area contributed by atoms with Crippen LogP contribution >= 0.6 is 0 Å². The van der Waals surface area contributed by atoms with Crippen molar-refractivity contribution in [2.75, 3.05) is 0 Å². The molecule has 0 aromatic rings. The number of rotatable bonds is 3. The standard InChI is InChI=1S/C9H14FNO4S/c10-8(16(13,14)15)9(12)11-7-4-5-1-2-6(7)3-5/h5-8H,1-4H2,(H,11,12)(H,13,14,15). The Morgan fingerprint density at radius 3 is 2.50 bits per heavy atom. The van der Waals surface area contributed by atoms with Gasteiger partial charge in [0.05, 0.1) is 0 Å². The first kappa shape index (κ1) is 11.8. The van der Waals surface area contributed by atoms with E-state index in [1.165, 1.54) is 0 Å². The minimum Gasteiger partial charge on any atom is -0.350 e. The number of carbonyl (C=O) groups excluding carboxylic acids is 1. The smallest absolute Gasteiger partial charge is 0.307 e. The van der Waals surface area contributed by atoms with Gasteiger partial charge in [-0.25, -0.2) is 4.39 Å². The quantitative estimate of drug-likeness (QED) is 0.714. The van der Waals surface area contributed by atoms with E-state index in [9.17, 15) is 17.6 Å². The molecule has 5 nitrogen and oxygen atoms in total. The lowest BCUT2D eigenvalue weighted by atomic mass is 9.95. The predicted octanol–water partition coefficient (Wildman–Crippen LogP) is 0.475. The second-order valence-corrected chi connectivity index (χ2v) is 6.06. The van der Waals surface area contributed by atoms with Crippen molar-refractivity contribution in [1.82, 2.24) is 5.32 Å². The predicted molar refractivity (Wildman–Crippen MR) is 53.8 cm³/mol. The Labute approximate surface area is 93.2 Å². The number of hydrogen-bond donors (Lipinski definition) is 2. The lowest BCUT2D eigenvalue weighted by molar-refractivity contribution is -0.124. The van der Waals surface area contributed by atoms with Crippen LogP contribution in [0.25, 0.3) is 0 Å². The maximum atomic E-state index is 12.9. The van der Waals surface area contributed by atoms with Gasteiger partial charge in [-0.15, -0.1) is 0 Å². The molecule has 1 amide bonds. The van der Waals surface area contributed by atoms with Gasteiger partial charge in [-0.1, -0.05) is 6.42 Å². The highest BCUT2D eigenvalue weighted by Gasteiger charge is 2.42. The van der Waals surface area contributed by atoms with Crippen LogP contribution in [0, 0.1) is 11.8 Å². The summed E-state index contributed by atoms with van der Waals surface area (Å²) < 4.78 is 42.2. The number of nitrogens with one attached hydrogen (secondary N) is 1. The van der Waals surface area contributed by atoms with Crippen LogP contribution in [0.4, 0.5) is 4.39 Å². The third kappa shape index (κ3) is 2.20. The van der Waals surface area contributed by atoms with Crippen LogP contribution in [0.15, 0.2) is 0 Å². The van der Waals surface area contributed by atoms with Crippen LogP contribution < -0.4 is 5.32 Å². The van der Waals surface area contributed by atoms with E-state index >= 15 is 0 Å². The summed E-state index contributed by atoms with van der Waals surface area (Å²) in [6.07, 6.45) is 3.94. The Morgan fingerprint density at radius 2 is 2.06 bits per heavy atom. The molecule has 0 aromatic carbocycles. The Balaban J connectivity index is 1.93. The van der Waals surface area contributed by atoms with E-state index in [1.807, 2.05) is 0 Å². The topological polar surface area (TPSA) is 83.5 Å². The molecule has 7 heteroatoms. The normalized spacial score (nSPS) is 35.0. The molecule has 0 aliphatic heterocycles. The lowest BCUT2D eigenvalue weighted by Gasteiger charge is -2.23. The number of hydrogen-bond acceptors (Lipinski definition) is 3. The largest absolute Gasteiger partial charge is 0.350 e. The zero-order valence-electron chi connectivity index (χ0n) is 8.60. The molecule has 0 heterocycles. The van der Waals surface area contributed by atoms with Gasteiger partial charge in [-0.3, -0.25) is 9.35 Å². The van der Waals surface area contributed by atoms with E-state index in [0.717, 1.165) is 25.7 Å². The first-order valence-corrected chi connectivity index (χ1v) is 6.79. The highest BCUT2D eigenvalue weighted by molar-refractivity contribution is 7.87. The summed E-state index contributed by atoms with van der Waals surface area (Å²) >= 11 is 0. The van der Waals surface area contributed by atoms with Gasteiger partial charge in [-0.2, -0.15) is 8.42 Å².